The zero-order chi connectivity index (χ0) is 16.7. The number of esters is 1. The van der Waals surface area contributed by atoms with E-state index in [0.29, 0.717) is 18.8 Å². The van der Waals surface area contributed by atoms with E-state index in [1.807, 2.05) is 31.2 Å². The summed E-state index contributed by atoms with van der Waals surface area (Å²) >= 11 is 0. The smallest absolute Gasteiger partial charge is 0.338 e. The van der Waals surface area contributed by atoms with E-state index in [1.165, 1.54) is 5.56 Å². The van der Waals surface area contributed by atoms with Crippen LogP contribution < -0.4 is 0 Å². The van der Waals surface area contributed by atoms with E-state index < -0.39 is 6.10 Å². The Labute approximate surface area is 140 Å². The van der Waals surface area contributed by atoms with Crippen LogP contribution in [0.2, 0.25) is 0 Å². The third kappa shape index (κ3) is 2.69. The molecule has 5 nitrogen and oxygen atoms in total. The molecule has 0 aromatic heterocycles. The fraction of sp³-hybridized carbons (Fsp3) is 0.421. The highest BCUT2D eigenvalue weighted by Gasteiger charge is 2.49. The van der Waals surface area contributed by atoms with Crippen molar-refractivity contribution in [2.75, 3.05) is 20.3 Å². The Morgan fingerprint density at radius 3 is 2.46 bits per heavy atom. The van der Waals surface area contributed by atoms with Crippen LogP contribution in [-0.2, 0) is 18.9 Å². The summed E-state index contributed by atoms with van der Waals surface area (Å²) in [6.07, 6.45) is -0.895. The molecule has 0 saturated carbocycles. The zero-order valence-electron chi connectivity index (χ0n) is 13.7. The molecule has 0 bridgehead atoms. The minimum absolute atomic E-state index is 0.0948. The largest absolute Gasteiger partial charge is 0.453 e. The lowest BCUT2D eigenvalue weighted by molar-refractivity contribution is -0.0280. The number of benzene rings is 2. The van der Waals surface area contributed by atoms with Crippen LogP contribution in [0.3, 0.4) is 0 Å². The molecule has 2 aromatic rings. The monoisotopic (exact) mass is 328 g/mol. The number of aryl methyl sites for hydroxylation is 1. The molecule has 2 unspecified atom stereocenters. The third-order valence-corrected chi connectivity index (χ3v) is 4.76. The van der Waals surface area contributed by atoms with Gasteiger partial charge in [0, 0.05) is 7.11 Å². The first-order valence-electron chi connectivity index (χ1n) is 8.13. The summed E-state index contributed by atoms with van der Waals surface area (Å²) in [4.78, 5) is 12.5. The SMILES string of the molecule is CO[C@@H]1COC2C1OC[C@H]2OC(=O)c1ccc2cc(C)ccc2c1. The van der Waals surface area contributed by atoms with E-state index in [2.05, 4.69) is 6.07 Å². The molecule has 2 heterocycles. The Morgan fingerprint density at radius 1 is 1.00 bits per heavy atom. The average Bonchev–Trinajstić information content (AvgIpc) is 3.17. The summed E-state index contributed by atoms with van der Waals surface area (Å²) in [7, 11) is 1.63. The van der Waals surface area contributed by atoms with Crippen LogP contribution in [0.15, 0.2) is 36.4 Å². The molecule has 2 aliphatic heterocycles. The first kappa shape index (κ1) is 15.6. The van der Waals surface area contributed by atoms with Gasteiger partial charge in [-0.3, -0.25) is 0 Å². The molecule has 0 amide bonds. The third-order valence-electron chi connectivity index (χ3n) is 4.76. The van der Waals surface area contributed by atoms with Crippen LogP contribution in [-0.4, -0.2) is 50.7 Å². The van der Waals surface area contributed by atoms with Crippen LogP contribution in [0.25, 0.3) is 10.8 Å². The molecule has 0 spiro atoms. The van der Waals surface area contributed by atoms with Crippen molar-refractivity contribution in [1.82, 2.24) is 0 Å². The fourth-order valence-electron chi connectivity index (χ4n) is 3.43. The van der Waals surface area contributed by atoms with Gasteiger partial charge in [0.05, 0.1) is 18.8 Å². The van der Waals surface area contributed by atoms with Gasteiger partial charge in [-0.25, -0.2) is 4.79 Å². The Bertz CT molecular complexity index is 771. The minimum atomic E-state index is -0.392. The second-order valence-corrected chi connectivity index (χ2v) is 6.38. The van der Waals surface area contributed by atoms with E-state index in [1.54, 1.807) is 13.2 Å². The number of hydrogen-bond donors (Lipinski definition) is 0. The molecule has 2 aromatic carbocycles. The molecule has 0 aliphatic carbocycles. The second-order valence-electron chi connectivity index (χ2n) is 6.38. The molecule has 2 aliphatic rings. The molecule has 5 heteroatoms. The van der Waals surface area contributed by atoms with Crippen LogP contribution in [0.5, 0.6) is 0 Å². The van der Waals surface area contributed by atoms with Crippen molar-refractivity contribution in [2.24, 2.45) is 0 Å². The highest BCUT2D eigenvalue weighted by Crippen LogP contribution is 2.30. The van der Waals surface area contributed by atoms with Crippen molar-refractivity contribution in [1.29, 1.82) is 0 Å². The van der Waals surface area contributed by atoms with E-state index >= 15 is 0 Å². The van der Waals surface area contributed by atoms with Crippen molar-refractivity contribution in [3.8, 4) is 0 Å². The van der Waals surface area contributed by atoms with Crippen LogP contribution in [0.1, 0.15) is 15.9 Å². The van der Waals surface area contributed by atoms with Gasteiger partial charge >= 0.3 is 5.97 Å². The van der Waals surface area contributed by atoms with Gasteiger partial charge in [-0.05, 0) is 29.8 Å². The summed E-state index contributed by atoms with van der Waals surface area (Å²) in [6.45, 7) is 2.86. The topological polar surface area (TPSA) is 54.0 Å². The summed E-state index contributed by atoms with van der Waals surface area (Å²) < 4.78 is 22.3. The van der Waals surface area contributed by atoms with Gasteiger partial charge < -0.3 is 18.9 Å². The molecule has 24 heavy (non-hydrogen) atoms. The number of fused-ring (bicyclic) bond motifs is 2. The molecular formula is C19H20O5. The minimum Gasteiger partial charge on any atom is -0.453 e. The highest BCUT2D eigenvalue weighted by atomic mass is 16.6. The van der Waals surface area contributed by atoms with Crippen molar-refractivity contribution in [2.45, 2.75) is 31.3 Å². The summed E-state index contributed by atoms with van der Waals surface area (Å²) in [5.41, 5.74) is 1.73. The first-order valence-corrected chi connectivity index (χ1v) is 8.13. The van der Waals surface area contributed by atoms with Gasteiger partial charge in [-0.15, -0.1) is 0 Å². The average molecular weight is 328 g/mol. The van der Waals surface area contributed by atoms with Crippen molar-refractivity contribution in [3.63, 3.8) is 0 Å². The standard InChI is InChI=1S/C19H20O5/c1-11-3-4-13-8-14(6-5-12(13)7-11)19(20)24-16-10-23-17-15(21-2)9-22-18(16)17/h3-8,15-18H,9-10H2,1-2H3/t15-,16-,17?,18?/m1/s1. The molecule has 2 saturated heterocycles. The molecule has 0 radical (unpaired) electrons. The predicted octanol–water partition coefficient (Wildman–Crippen LogP) is 2.49. The maximum absolute atomic E-state index is 12.5. The number of methoxy groups -OCH3 is 1. The zero-order valence-corrected chi connectivity index (χ0v) is 13.7. The number of carbonyl (C=O) groups is 1. The van der Waals surface area contributed by atoms with Crippen molar-refractivity contribution < 1.29 is 23.7 Å². The molecular weight excluding hydrogens is 308 g/mol. The quantitative estimate of drug-likeness (QED) is 0.810. The number of carbonyl (C=O) groups excluding carboxylic acids is 1. The lowest BCUT2D eigenvalue weighted by atomic mass is 10.0. The van der Waals surface area contributed by atoms with Gasteiger partial charge in [0.1, 0.15) is 18.3 Å². The fourth-order valence-corrected chi connectivity index (χ4v) is 3.43. The number of ether oxygens (including phenoxy) is 4. The highest BCUT2D eigenvalue weighted by molar-refractivity contribution is 5.95. The van der Waals surface area contributed by atoms with Crippen LogP contribution in [0, 0.1) is 6.92 Å². The normalized spacial score (nSPS) is 28.9. The summed E-state index contributed by atoms with van der Waals surface area (Å²) in [5, 5.41) is 2.13. The Kier molecular flexibility index (Phi) is 4.00. The van der Waals surface area contributed by atoms with Crippen LogP contribution >= 0.6 is 0 Å². The molecule has 0 N–H and O–H groups in total. The van der Waals surface area contributed by atoms with E-state index in [-0.39, 0.29) is 24.3 Å². The Balaban J connectivity index is 1.49. The molecule has 4 atom stereocenters. The Hall–Kier alpha value is -1.95. The maximum atomic E-state index is 12.5. The van der Waals surface area contributed by atoms with Crippen molar-refractivity contribution >= 4 is 16.7 Å². The van der Waals surface area contributed by atoms with Gasteiger partial charge in [0.25, 0.3) is 0 Å². The number of hydrogen-bond acceptors (Lipinski definition) is 5. The lowest BCUT2D eigenvalue weighted by Crippen LogP contribution is -2.34. The number of rotatable bonds is 3. The van der Waals surface area contributed by atoms with Gasteiger partial charge in [-0.2, -0.15) is 0 Å². The lowest BCUT2D eigenvalue weighted by Gasteiger charge is -2.17. The van der Waals surface area contributed by atoms with E-state index in [9.17, 15) is 4.79 Å². The van der Waals surface area contributed by atoms with Gasteiger partial charge in [0.15, 0.2) is 6.10 Å². The van der Waals surface area contributed by atoms with Gasteiger partial charge in [0.2, 0.25) is 0 Å². The summed E-state index contributed by atoms with van der Waals surface area (Å²) in [5.74, 6) is -0.351. The summed E-state index contributed by atoms with van der Waals surface area (Å²) in [6, 6.07) is 11.7. The maximum Gasteiger partial charge on any atom is 0.338 e. The second kappa shape index (κ2) is 6.16. The van der Waals surface area contributed by atoms with E-state index in [0.717, 1.165) is 10.8 Å². The molecule has 126 valence electrons. The van der Waals surface area contributed by atoms with Crippen molar-refractivity contribution in [3.05, 3.63) is 47.5 Å². The van der Waals surface area contributed by atoms with Gasteiger partial charge in [-0.1, -0.05) is 29.8 Å². The molecule has 4 rings (SSSR count). The molecule has 2 fully saturated rings. The van der Waals surface area contributed by atoms with Crippen LogP contribution in [0.4, 0.5) is 0 Å². The van der Waals surface area contributed by atoms with E-state index in [4.69, 9.17) is 18.9 Å². The predicted molar refractivity (Wildman–Crippen MR) is 88.2 cm³/mol. The first-order chi connectivity index (χ1) is 11.7. The Morgan fingerprint density at radius 2 is 1.67 bits per heavy atom.